The first-order valence-electron chi connectivity index (χ1n) is 12.8. The maximum Gasteiger partial charge on any atom is 0.287 e. The topological polar surface area (TPSA) is 135 Å². The Bertz CT molecular complexity index is 1430. The summed E-state index contributed by atoms with van der Waals surface area (Å²) in [5, 5.41) is 6.26. The molecule has 1 aromatic heterocycles. The van der Waals surface area contributed by atoms with Gasteiger partial charge >= 0.3 is 0 Å². The van der Waals surface area contributed by atoms with Crippen LogP contribution in [0.2, 0.25) is 0 Å². The average Bonchev–Trinajstić information content (AvgIpc) is 3.26. The third kappa shape index (κ3) is 6.66. The molecule has 10 nitrogen and oxygen atoms in total. The molecule has 1 fully saturated rings. The number of Topliss-reactive ketones (excluding diaryl/α,β-unsaturated/α-hetero) is 1. The predicted octanol–water partition coefficient (Wildman–Crippen LogP) is 3.12. The molecule has 11 heteroatoms. The number of para-hydroxylation sites is 1. The van der Waals surface area contributed by atoms with Crippen molar-refractivity contribution >= 4 is 38.6 Å². The lowest BCUT2D eigenvalue weighted by Crippen LogP contribution is -2.52. The summed E-state index contributed by atoms with van der Waals surface area (Å²) < 4.78 is 38.3. The van der Waals surface area contributed by atoms with Crippen LogP contribution >= 0.6 is 0 Å². The molecule has 0 radical (unpaired) electrons. The zero-order chi connectivity index (χ0) is 28.2. The first kappa shape index (κ1) is 28.3. The molecule has 2 N–H and O–H groups in total. The Kier molecular flexibility index (Phi) is 8.71. The van der Waals surface area contributed by atoms with Crippen molar-refractivity contribution in [2.24, 2.45) is 5.92 Å². The Morgan fingerprint density at radius 2 is 1.90 bits per heavy atom. The summed E-state index contributed by atoms with van der Waals surface area (Å²) in [7, 11) is -2.50. The van der Waals surface area contributed by atoms with Crippen LogP contribution in [0, 0.1) is 5.92 Å². The lowest BCUT2D eigenvalue weighted by atomic mass is 10.0. The van der Waals surface area contributed by atoms with Crippen molar-refractivity contribution in [3.05, 3.63) is 60.4 Å². The normalized spacial score (nSPS) is 17.5. The maximum atomic E-state index is 13.3. The van der Waals surface area contributed by atoms with Gasteiger partial charge in [0.15, 0.2) is 11.5 Å². The summed E-state index contributed by atoms with van der Waals surface area (Å²) >= 11 is 0. The Morgan fingerprint density at radius 3 is 2.62 bits per heavy atom. The highest BCUT2D eigenvalue weighted by Crippen LogP contribution is 2.23. The van der Waals surface area contributed by atoms with E-state index in [-0.39, 0.29) is 36.1 Å². The first-order chi connectivity index (χ1) is 18.6. The molecule has 2 atom stereocenters. The fraction of sp³-hybridized carbons (Fsp3) is 0.393. The number of ether oxygens (including phenoxy) is 1. The van der Waals surface area contributed by atoms with Gasteiger partial charge in [-0.1, -0.05) is 38.1 Å². The van der Waals surface area contributed by atoms with Gasteiger partial charge in [0.2, 0.25) is 15.9 Å². The van der Waals surface area contributed by atoms with Crippen LogP contribution in [0.4, 0.5) is 0 Å². The molecular formula is C28H33N3O7S. The van der Waals surface area contributed by atoms with Gasteiger partial charge in [-0.25, -0.2) is 8.42 Å². The van der Waals surface area contributed by atoms with E-state index in [0.717, 1.165) is 9.69 Å². The van der Waals surface area contributed by atoms with Crippen LogP contribution < -0.4 is 15.4 Å². The monoisotopic (exact) mass is 555 g/mol. The van der Waals surface area contributed by atoms with Gasteiger partial charge in [-0.3, -0.25) is 14.4 Å². The molecular weight excluding hydrogens is 522 g/mol. The summed E-state index contributed by atoms with van der Waals surface area (Å²) in [6.45, 7) is 3.61. The summed E-state index contributed by atoms with van der Waals surface area (Å²) in [5.74, 6) is -0.903. The van der Waals surface area contributed by atoms with Crippen LogP contribution in [0.1, 0.15) is 43.7 Å². The molecule has 39 heavy (non-hydrogen) atoms. The molecule has 3 aromatic rings. The number of nitrogens with zero attached hydrogens (tertiary/aromatic N) is 1. The Hall–Kier alpha value is -3.70. The molecule has 0 spiro atoms. The van der Waals surface area contributed by atoms with Gasteiger partial charge in [-0.15, -0.1) is 0 Å². The van der Waals surface area contributed by atoms with Gasteiger partial charge in [0.1, 0.15) is 17.4 Å². The zero-order valence-corrected chi connectivity index (χ0v) is 23.0. The predicted molar refractivity (Wildman–Crippen MR) is 145 cm³/mol. The van der Waals surface area contributed by atoms with Crippen LogP contribution in [0.5, 0.6) is 5.75 Å². The van der Waals surface area contributed by atoms with Crippen molar-refractivity contribution < 1.29 is 32.0 Å². The van der Waals surface area contributed by atoms with Gasteiger partial charge in [-0.2, -0.15) is 4.31 Å². The highest BCUT2D eigenvalue weighted by atomic mass is 32.2. The van der Waals surface area contributed by atoms with Gasteiger partial charge in [0, 0.05) is 18.0 Å². The Balaban J connectivity index is 1.44. The van der Waals surface area contributed by atoms with Crippen molar-refractivity contribution in [2.75, 3.05) is 20.2 Å². The first-order valence-corrected chi connectivity index (χ1v) is 14.3. The minimum Gasteiger partial charge on any atom is -0.497 e. The molecule has 208 valence electrons. The van der Waals surface area contributed by atoms with E-state index in [0.29, 0.717) is 24.2 Å². The largest absolute Gasteiger partial charge is 0.497 e. The van der Waals surface area contributed by atoms with Gasteiger partial charge in [0.25, 0.3) is 5.91 Å². The summed E-state index contributed by atoms with van der Waals surface area (Å²) in [5.41, 5.74) is 0.560. The van der Waals surface area contributed by atoms with E-state index in [2.05, 4.69) is 10.6 Å². The van der Waals surface area contributed by atoms with E-state index in [4.69, 9.17) is 9.15 Å². The number of fused-ring (bicyclic) bond motifs is 1. The van der Waals surface area contributed by atoms with Gasteiger partial charge in [-0.05, 0) is 49.4 Å². The van der Waals surface area contributed by atoms with Gasteiger partial charge in [0.05, 0.1) is 24.6 Å². The summed E-state index contributed by atoms with van der Waals surface area (Å²) in [4.78, 5) is 39.3. The molecule has 1 aliphatic heterocycles. The summed E-state index contributed by atoms with van der Waals surface area (Å²) in [6, 6.07) is 13.1. The fourth-order valence-corrected chi connectivity index (χ4v) is 6.04. The smallest absolute Gasteiger partial charge is 0.287 e. The van der Waals surface area contributed by atoms with Crippen LogP contribution in [-0.4, -0.2) is 62.6 Å². The molecule has 1 saturated heterocycles. The molecule has 2 heterocycles. The van der Waals surface area contributed by atoms with Crippen molar-refractivity contribution in [2.45, 2.75) is 50.1 Å². The number of sulfonamides is 1. The number of amides is 2. The molecule has 0 bridgehead atoms. The second-order valence-corrected chi connectivity index (χ2v) is 11.9. The van der Waals surface area contributed by atoms with Crippen LogP contribution in [0.25, 0.3) is 11.0 Å². The molecule has 2 aromatic carbocycles. The van der Waals surface area contributed by atoms with Crippen molar-refractivity contribution in [1.82, 2.24) is 14.9 Å². The van der Waals surface area contributed by atoms with E-state index in [1.807, 2.05) is 26.0 Å². The van der Waals surface area contributed by atoms with E-state index in [1.54, 1.807) is 30.3 Å². The number of carbonyl (C=O) groups excluding carboxylic acids is 3. The number of carbonyl (C=O) groups is 3. The second-order valence-electron chi connectivity index (χ2n) is 9.99. The molecule has 0 aliphatic carbocycles. The van der Waals surface area contributed by atoms with Crippen molar-refractivity contribution in [3.63, 3.8) is 0 Å². The quantitative estimate of drug-likeness (QED) is 0.414. The number of hydrogen-bond donors (Lipinski definition) is 2. The fourth-order valence-electron chi connectivity index (χ4n) is 4.56. The number of nitrogens with one attached hydrogen (secondary N) is 2. The standard InChI is InChI=1S/C28H33N3O7S/c1-18(2)14-23(30-28(34)26-15-19-8-4-5-12-25(19)38-26)27(33)29-22-11-7-13-31(17-24(22)32)39(35,36)21-10-6-9-20(16-21)37-3/h4-6,8-10,12,15-16,18,22-23H,7,11,13-14,17H2,1-3H3,(H,29,33)(H,30,34). The third-order valence-corrected chi connectivity index (χ3v) is 8.44. The highest BCUT2D eigenvalue weighted by molar-refractivity contribution is 7.89. The number of ketones is 1. The number of methoxy groups -OCH3 is 1. The van der Waals surface area contributed by atoms with E-state index in [1.165, 1.54) is 19.2 Å². The minimum atomic E-state index is -3.94. The van der Waals surface area contributed by atoms with Crippen LogP contribution in [0.3, 0.4) is 0 Å². The van der Waals surface area contributed by atoms with Crippen LogP contribution in [0.15, 0.2) is 63.9 Å². The highest BCUT2D eigenvalue weighted by Gasteiger charge is 2.34. The number of furan rings is 1. The minimum absolute atomic E-state index is 0.0300. The SMILES string of the molecule is COc1cccc(S(=O)(=O)N2CCCC(NC(=O)C(CC(C)C)NC(=O)c3cc4ccccc4o3)C(=O)C2)c1. The molecule has 2 unspecified atom stereocenters. The maximum absolute atomic E-state index is 13.3. The second kappa shape index (κ2) is 12.0. The lowest BCUT2D eigenvalue weighted by Gasteiger charge is -2.23. The van der Waals surface area contributed by atoms with Gasteiger partial charge < -0.3 is 19.8 Å². The Morgan fingerprint density at radius 1 is 1.13 bits per heavy atom. The lowest BCUT2D eigenvalue weighted by molar-refractivity contribution is -0.129. The van der Waals surface area contributed by atoms with E-state index >= 15 is 0 Å². The molecule has 2 amide bonds. The number of rotatable bonds is 9. The Labute approximate surface area is 227 Å². The molecule has 4 rings (SSSR count). The third-order valence-electron chi connectivity index (χ3n) is 6.59. The average molecular weight is 556 g/mol. The molecule has 1 aliphatic rings. The molecule has 0 saturated carbocycles. The summed E-state index contributed by atoms with van der Waals surface area (Å²) in [6.07, 6.45) is 0.996. The van der Waals surface area contributed by atoms with Crippen molar-refractivity contribution in [1.29, 1.82) is 0 Å². The van der Waals surface area contributed by atoms with Crippen LogP contribution in [-0.2, 0) is 19.6 Å². The number of hydrogen-bond acceptors (Lipinski definition) is 7. The zero-order valence-electron chi connectivity index (χ0n) is 22.2. The van der Waals surface area contributed by atoms with Crippen molar-refractivity contribution in [3.8, 4) is 5.75 Å². The number of benzene rings is 2. The van der Waals surface area contributed by atoms with E-state index < -0.39 is 39.7 Å². The van der Waals surface area contributed by atoms with E-state index in [9.17, 15) is 22.8 Å².